The number of nitrogens with zero attached hydrogens (tertiary/aromatic N) is 2. The van der Waals surface area contributed by atoms with Crippen molar-refractivity contribution in [2.75, 3.05) is 12.4 Å². The molecule has 0 atom stereocenters. The van der Waals surface area contributed by atoms with Crippen LogP contribution in [0.1, 0.15) is 0 Å². The summed E-state index contributed by atoms with van der Waals surface area (Å²) in [5, 5.41) is 2.77. The second kappa shape index (κ2) is 6.62. The molecule has 7 heteroatoms. The Morgan fingerprint density at radius 3 is 2.87 bits per heavy atom. The van der Waals surface area contributed by atoms with E-state index in [9.17, 15) is 4.79 Å². The fourth-order valence-corrected chi connectivity index (χ4v) is 3.00. The van der Waals surface area contributed by atoms with Crippen molar-refractivity contribution in [1.29, 1.82) is 0 Å². The number of carbonyl (C=O) groups is 1. The van der Waals surface area contributed by atoms with Crippen LogP contribution in [0.2, 0.25) is 0 Å². The number of fused-ring (bicyclic) bond motifs is 1. The predicted molar refractivity (Wildman–Crippen MR) is 91.7 cm³/mol. The first-order chi connectivity index (χ1) is 11.2. The van der Waals surface area contributed by atoms with Crippen LogP contribution in [0.4, 0.5) is 10.5 Å². The highest BCUT2D eigenvalue weighted by Crippen LogP contribution is 2.26. The molecule has 0 spiro atoms. The normalized spacial score (nSPS) is 10.5. The lowest BCUT2D eigenvalue weighted by Gasteiger charge is -2.11. The lowest BCUT2D eigenvalue weighted by Crippen LogP contribution is -2.23. The van der Waals surface area contributed by atoms with Gasteiger partial charge in [0.2, 0.25) is 0 Å². The second-order valence-electron chi connectivity index (χ2n) is 4.84. The number of hydrogen-bond donors (Lipinski definition) is 2. The van der Waals surface area contributed by atoms with E-state index >= 15 is 0 Å². The molecule has 6 nitrogen and oxygen atoms in total. The summed E-state index contributed by atoms with van der Waals surface area (Å²) in [6.45, 7) is 0. The van der Waals surface area contributed by atoms with Crippen molar-refractivity contribution in [2.45, 2.75) is 4.90 Å². The number of para-hydroxylation sites is 3. The zero-order chi connectivity index (χ0) is 16.2. The quantitative estimate of drug-likeness (QED) is 0.720. The van der Waals surface area contributed by atoms with E-state index in [4.69, 9.17) is 4.74 Å². The van der Waals surface area contributed by atoms with Crippen molar-refractivity contribution in [2.24, 2.45) is 7.05 Å². The maximum atomic E-state index is 12.1. The molecule has 0 radical (unpaired) electrons. The molecule has 0 unspecified atom stereocenters. The summed E-state index contributed by atoms with van der Waals surface area (Å²) in [5.74, 6) is 0.612. The number of rotatable bonds is 4. The molecule has 1 heterocycles. The van der Waals surface area contributed by atoms with Crippen LogP contribution in [0.3, 0.4) is 0 Å². The third-order valence-corrected chi connectivity index (χ3v) is 4.15. The van der Waals surface area contributed by atoms with Crippen molar-refractivity contribution in [3.05, 3.63) is 48.8 Å². The van der Waals surface area contributed by atoms with E-state index in [-0.39, 0.29) is 6.03 Å². The van der Waals surface area contributed by atoms with Gasteiger partial charge >= 0.3 is 6.03 Å². The van der Waals surface area contributed by atoms with E-state index in [1.165, 1.54) is 11.9 Å². The summed E-state index contributed by atoms with van der Waals surface area (Å²) in [5.41, 5.74) is 2.49. The van der Waals surface area contributed by atoms with Crippen molar-refractivity contribution in [1.82, 2.24) is 14.3 Å². The SMILES string of the molecule is COc1ccccc1NC(=O)NSc1cccc2ncn(C)c12. The van der Waals surface area contributed by atoms with E-state index in [0.29, 0.717) is 11.4 Å². The monoisotopic (exact) mass is 328 g/mol. The van der Waals surface area contributed by atoms with Crippen molar-refractivity contribution in [3.63, 3.8) is 0 Å². The molecule has 2 aromatic carbocycles. The summed E-state index contributed by atoms with van der Waals surface area (Å²) in [6.07, 6.45) is 1.75. The lowest BCUT2D eigenvalue weighted by molar-refractivity contribution is 0.257. The number of benzene rings is 2. The number of anilines is 1. The molecule has 3 rings (SSSR count). The van der Waals surface area contributed by atoms with Gasteiger partial charge in [-0.15, -0.1) is 0 Å². The summed E-state index contributed by atoms with van der Waals surface area (Å²) in [4.78, 5) is 17.3. The lowest BCUT2D eigenvalue weighted by atomic mass is 10.3. The van der Waals surface area contributed by atoms with Crippen molar-refractivity contribution < 1.29 is 9.53 Å². The maximum absolute atomic E-state index is 12.1. The van der Waals surface area contributed by atoms with Crippen LogP contribution < -0.4 is 14.8 Å². The van der Waals surface area contributed by atoms with Gasteiger partial charge in [-0.3, -0.25) is 4.72 Å². The van der Waals surface area contributed by atoms with Gasteiger partial charge in [0.25, 0.3) is 0 Å². The minimum atomic E-state index is -0.321. The molecule has 0 saturated carbocycles. The number of ether oxygens (including phenoxy) is 1. The van der Waals surface area contributed by atoms with Gasteiger partial charge in [-0.2, -0.15) is 0 Å². The average Bonchev–Trinajstić information content (AvgIpc) is 2.95. The number of carbonyl (C=O) groups excluding carboxylic acids is 1. The highest BCUT2D eigenvalue weighted by atomic mass is 32.2. The van der Waals surface area contributed by atoms with Crippen LogP contribution in [-0.4, -0.2) is 22.7 Å². The van der Waals surface area contributed by atoms with E-state index in [1.54, 1.807) is 25.6 Å². The largest absolute Gasteiger partial charge is 0.495 e. The highest BCUT2D eigenvalue weighted by molar-refractivity contribution is 7.98. The van der Waals surface area contributed by atoms with Crippen LogP contribution >= 0.6 is 11.9 Å². The van der Waals surface area contributed by atoms with Gasteiger partial charge < -0.3 is 14.6 Å². The van der Waals surface area contributed by atoms with Gasteiger partial charge in [0, 0.05) is 7.05 Å². The van der Waals surface area contributed by atoms with Gasteiger partial charge in [-0.1, -0.05) is 18.2 Å². The fraction of sp³-hybridized carbons (Fsp3) is 0.125. The Labute approximate surface area is 138 Å². The number of imidazole rings is 1. The summed E-state index contributed by atoms with van der Waals surface area (Å²) < 4.78 is 9.92. The molecule has 2 amide bonds. The molecule has 118 valence electrons. The number of methoxy groups -OCH3 is 1. The fourth-order valence-electron chi connectivity index (χ4n) is 2.26. The van der Waals surface area contributed by atoms with Gasteiger partial charge in [0.1, 0.15) is 5.75 Å². The van der Waals surface area contributed by atoms with Crippen LogP contribution in [0.5, 0.6) is 5.75 Å². The zero-order valence-electron chi connectivity index (χ0n) is 12.7. The van der Waals surface area contributed by atoms with Gasteiger partial charge in [-0.05, 0) is 36.2 Å². The predicted octanol–water partition coefficient (Wildman–Crippen LogP) is 3.41. The van der Waals surface area contributed by atoms with E-state index in [2.05, 4.69) is 15.0 Å². The smallest absolute Gasteiger partial charge is 0.329 e. The Morgan fingerprint density at radius 2 is 2.04 bits per heavy atom. The topological polar surface area (TPSA) is 68.2 Å². The minimum absolute atomic E-state index is 0.321. The van der Waals surface area contributed by atoms with Crippen molar-refractivity contribution >= 4 is 34.7 Å². The maximum Gasteiger partial charge on any atom is 0.329 e. The first-order valence-corrected chi connectivity index (χ1v) is 7.77. The molecule has 0 aliphatic carbocycles. The van der Waals surface area contributed by atoms with Crippen molar-refractivity contribution in [3.8, 4) is 5.75 Å². The van der Waals surface area contributed by atoms with Crippen LogP contribution in [-0.2, 0) is 7.05 Å². The molecule has 0 bridgehead atoms. The molecule has 3 aromatic rings. The molecule has 1 aromatic heterocycles. The van der Waals surface area contributed by atoms with Crippen LogP contribution in [0, 0.1) is 0 Å². The molecule has 0 fully saturated rings. The van der Waals surface area contributed by atoms with Gasteiger partial charge in [0.15, 0.2) is 0 Å². The molecule has 0 saturated heterocycles. The molecule has 23 heavy (non-hydrogen) atoms. The molecular formula is C16H16N4O2S. The van der Waals surface area contributed by atoms with E-state index < -0.39 is 0 Å². The molecule has 2 N–H and O–H groups in total. The van der Waals surface area contributed by atoms with Gasteiger partial charge in [-0.25, -0.2) is 9.78 Å². The average molecular weight is 328 g/mol. The van der Waals surface area contributed by atoms with E-state index in [0.717, 1.165) is 15.9 Å². The Morgan fingerprint density at radius 1 is 1.22 bits per heavy atom. The molecule has 0 aliphatic heterocycles. The second-order valence-corrected chi connectivity index (χ2v) is 5.69. The standard InChI is InChI=1S/C16H16N4O2S/c1-20-10-17-12-7-5-9-14(15(12)20)23-19-16(21)18-11-6-3-4-8-13(11)22-2/h3-10H,1-2H3,(H2,18,19,21). The minimum Gasteiger partial charge on any atom is -0.495 e. The third kappa shape index (κ3) is 3.24. The molecule has 0 aliphatic rings. The van der Waals surface area contributed by atoms with E-state index in [1.807, 2.05) is 41.9 Å². The first kappa shape index (κ1) is 15.2. The number of hydrogen-bond acceptors (Lipinski definition) is 4. The van der Waals surface area contributed by atoms with Crippen LogP contribution in [0.25, 0.3) is 11.0 Å². The first-order valence-electron chi connectivity index (χ1n) is 6.96. The Kier molecular flexibility index (Phi) is 4.38. The summed E-state index contributed by atoms with van der Waals surface area (Å²) in [7, 11) is 3.49. The Bertz CT molecular complexity index is 847. The highest BCUT2D eigenvalue weighted by Gasteiger charge is 2.10. The van der Waals surface area contributed by atoms with Crippen LogP contribution in [0.15, 0.2) is 53.7 Å². The number of nitrogens with one attached hydrogen (secondary N) is 2. The number of urea groups is 1. The van der Waals surface area contributed by atoms with Gasteiger partial charge in [0.05, 0.1) is 35.1 Å². The number of amides is 2. The Balaban J connectivity index is 1.70. The third-order valence-electron chi connectivity index (χ3n) is 3.31. The number of aryl methyl sites for hydroxylation is 1. The Hall–Kier alpha value is -2.67. The zero-order valence-corrected chi connectivity index (χ0v) is 13.6. The number of aromatic nitrogens is 2. The summed E-state index contributed by atoms with van der Waals surface area (Å²) >= 11 is 1.25. The molecular weight excluding hydrogens is 312 g/mol. The summed E-state index contributed by atoms with van der Waals surface area (Å²) in [6, 6.07) is 12.7.